The van der Waals surface area contributed by atoms with E-state index in [1.165, 1.54) is 6.92 Å². The van der Waals surface area contributed by atoms with Crippen molar-refractivity contribution in [2.45, 2.75) is 33.3 Å². The van der Waals surface area contributed by atoms with Crippen LogP contribution in [0.15, 0.2) is 35.1 Å². The maximum atomic E-state index is 12.5. The van der Waals surface area contributed by atoms with E-state index in [2.05, 4.69) is 15.3 Å². The highest BCUT2D eigenvalue weighted by atomic mass is 32.1. The Morgan fingerprint density at radius 2 is 1.96 bits per heavy atom. The molecule has 0 saturated carbocycles. The van der Waals surface area contributed by atoms with Gasteiger partial charge in [-0.1, -0.05) is 30.3 Å². The number of aromatic amines is 1. The molecule has 0 unspecified atom stereocenters. The number of benzene rings is 1. The van der Waals surface area contributed by atoms with Gasteiger partial charge in [-0.05, 0) is 38.3 Å². The Bertz CT molecular complexity index is 1070. The number of aryl methyl sites for hydroxylation is 2. The third-order valence-corrected chi connectivity index (χ3v) is 5.48. The largest absolute Gasteiger partial charge is 0.448 e. The van der Waals surface area contributed by atoms with Gasteiger partial charge >= 0.3 is 5.97 Å². The molecule has 1 amide bonds. The summed E-state index contributed by atoms with van der Waals surface area (Å²) in [5, 5.41) is 3.14. The molecule has 0 bridgehead atoms. The van der Waals surface area contributed by atoms with Crippen LogP contribution in [0.1, 0.15) is 33.5 Å². The molecule has 8 heteroatoms. The summed E-state index contributed by atoms with van der Waals surface area (Å²) in [5.41, 5.74) is 1.33. The number of ether oxygens (including phenoxy) is 1. The van der Waals surface area contributed by atoms with Gasteiger partial charge in [-0.3, -0.25) is 9.59 Å². The Balaban J connectivity index is 1.63. The maximum absolute atomic E-state index is 12.5. The molecule has 1 aromatic carbocycles. The zero-order chi connectivity index (χ0) is 20.3. The summed E-state index contributed by atoms with van der Waals surface area (Å²) >= 11 is 1.09. The highest BCUT2D eigenvalue weighted by Crippen LogP contribution is 2.27. The first kappa shape index (κ1) is 19.8. The summed E-state index contributed by atoms with van der Waals surface area (Å²) in [4.78, 5) is 44.5. The number of nitrogens with zero attached hydrogens (tertiary/aromatic N) is 1. The van der Waals surface area contributed by atoms with Crippen LogP contribution in [-0.2, 0) is 16.0 Å². The van der Waals surface area contributed by atoms with Gasteiger partial charge in [0.15, 0.2) is 6.10 Å². The van der Waals surface area contributed by atoms with E-state index in [0.717, 1.165) is 16.9 Å². The lowest BCUT2D eigenvalue weighted by molar-refractivity contribution is -0.129. The molecule has 0 radical (unpaired) electrons. The molecule has 3 rings (SSSR count). The molecule has 146 valence electrons. The molecule has 0 spiro atoms. The molecule has 2 heterocycles. The summed E-state index contributed by atoms with van der Waals surface area (Å²) in [7, 11) is 0. The van der Waals surface area contributed by atoms with Gasteiger partial charge < -0.3 is 15.0 Å². The molecular formula is C20H21N3O4S. The first-order valence-corrected chi connectivity index (χ1v) is 9.71. The van der Waals surface area contributed by atoms with Crippen LogP contribution in [0.2, 0.25) is 0 Å². The zero-order valence-electron chi connectivity index (χ0n) is 15.9. The van der Waals surface area contributed by atoms with Crippen molar-refractivity contribution < 1.29 is 14.3 Å². The molecule has 1 atom stereocenters. The van der Waals surface area contributed by atoms with E-state index < -0.39 is 12.1 Å². The fourth-order valence-corrected chi connectivity index (χ4v) is 3.94. The maximum Gasteiger partial charge on any atom is 0.349 e. The Morgan fingerprint density at radius 1 is 1.25 bits per heavy atom. The number of carbonyl (C=O) groups excluding carboxylic acids is 2. The van der Waals surface area contributed by atoms with Gasteiger partial charge in [-0.2, -0.15) is 0 Å². The number of fused-ring (bicyclic) bond motifs is 1. The van der Waals surface area contributed by atoms with Crippen molar-refractivity contribution in [1.29, 1.82) is 0 Å². The summed E-state index contributed by atoms with van der Waals surface area (Å²) in [5.74, 6) is -0.525. The number of thiophene rings is 1. The number of aromatic nitrogens is 2. The van der Waals surface area contributed by atoms with Gasteiger partial charge in [0.05, 0.1) is 5.39 Å². The van der Waals surface area contributed by atoms with Crippen molar-refractivity contribution in [2.24, 2.45) is 0 Å². The highest BCUT2D eigenvalue weighted by molar-refractivity contribution is 7.20. The first-order valence-electron chi connectivity index (χ1n) is 8.89. The smallest absolute Gasteiger partial charge is 0.349 e. The van der Waals surface area contributed by atoms with Gasteiger partial charge in [0.2, 0.25) is 0 Å². The second-order valence-electron chi connectivity index (χ2n) is 6.46. The van der Waals surface area contributed by atoms with Crippen molar-refractivity contribution >= 4 is 33.4 Å². The number of carbonyl (C=O) groups is 2. The highest BCUT2D eigenvalue weighted by Gasteiger charge is 2.24. The summed E-state index contributed by atoms with van der Waals surface area (Å²) in [6, 6.07) is 9.78. The third kappa shape index (κ3) is 4.28. The first-order chi connectivity index (χ1) is 13.4. The summed E-state index contributed by atoms with van der Waals surface area (Å²) in [6.07, 6.45) is -0.253. The number of rotatable bonds is 6. The Morgan fingerprint density at radius 3 is 2.68 bits per heavy atom. The van der Waals surface area contributed by atoms with Crippen molar-refractivity contribution in [3.8, 4) is 0 Å². The molecule has 0 aliphatic rings. The van der Waals surface area contributed by atoms with E-state index >= 15 is 0 Å². The van der Waals surface area contributed by atoms with Crippen molar-refractivity contribution in [3.05, 3.63) is 62.5 Å². The summed E-state index contributed by atoms with van der Waals surface area (Å²) < 4.78 is 5.30. The molecule has 2 N–H and O–H groups in total. The van der Waals surface area contributed by atoms with Crippen LogP contribution in [0.25, 0.3) is 10.2 Å². The Labute approximate surface area is 165 Å². The van der Waals surface area contributed by atoms with E-state index in [4.69, 9.17) is 4.74 Å². The molecule has 0 saturated heterocycles. The van der Waals surface area contributed by atoms with Crippen LogP contribution in [0.5, 0.6) is 0 Å². The molecule has 2 aromatic heterocycles. The average molecular weight is 399 g/mol. The normalized spacial score (nSPS) is 12.0. The minimum atomic E-state index is -0.944. The molecule has 28 heavy (non-hydrogen) atoms. The molecule has 3 aromatic rings. The standard InChI is InChI=1S/C20H21N3O4S/c1-11-15-18(25)22-13(3)23-19(15)28-16(11)20(26)27-12(2)17(24)21-10-9-14-7-5-4-6-8-14/h4-8,12H,9-10H2,1-3H3,(H,21,24)(H,22,23,25)/t12-/m1/s1. The predicted molar refractivity (Wildman–Crippen MR) is 108 cm³/mol. The fourth-order valence-electron chi connectivity index (χ4n) is 2.83. The van der Waals surface area contributed by atoms with Crippen LogP contribution >= 0.6 is 11.3 Å². The molecule has 0 fully saturated rings. The second kappa shape index (κ2) is 8.35. The van der Waals surface area contributed by atoms with Crippen molar-refractivity contribution in [3.63, 3.8) is 0 Å². The molecule has 0 aliphatic heterocycles. The van der Waals surface area contributed by atoms with Gasteiger partial charge in [-0.25, -0.2) is 9.78 Å². The lowest BCUT2D eigenvalue weighted by atomic mass is 10.1. The molecular weight excluding hydrogens is 378 g/mol. The van der Waals surface area contributed by atoms with Gasteiger partial charge in [0, 0.05) is 6.54 Å². The number of amides is 1. The van der Waals surface area contributed by atoms with E-state index in [0.29, 0.717) is 34.6 Å². The van der Waals surface area contributed by atoms with Crippen LogP contribution < -0.4 is 10.9 Å². The predicted octanol–water partition coefficient (Wildman–Crippen LogP) is 2.51. The Hall–Kier alpha value is -3.00. The SMILES string of the molecule is Cc1nc2sc(C(=O)O[C@H](C)C(=O)NCCc3ccccc3)c(C)c2c(=O)[nH]1. The van der Waals surface area contributed by atoms with E-state index in [9.17, 15) is 14.4 Å². The van der Waals surface area contributed by atoms with Crippen LogP contribution in [0.4, 0.5) is 0 Å². The van der Waals surface area contributed by atoms with Crippen LogP contribution in [0, 0.1) is 13.8 Å². The van der Waals surface area contributed by atoms with Crippen LogP contribution in [0.3, 0.4) is 0 Å². The quantitative estimate of drug-likeness (QED) is 0.620. The van der Waals surface area contributed by atoms with Gasteiger partial charge in [0.1, 0.15) is 15.5 Å². The fraction of sp³-hybridized carbons (Fsp3) is 0.300. The van der Waals surface area contributed by atoms with Crippen molar-refractivity contribution in [1.82, 2.24) is 15.3 Å². The molecule has 7 nitrogen and oxygen atoms in total. The van der Waals surface area contributed by atoms with E-state index in [1.54, 1.807) is 13.8 Å². The monoisotopic (exact) mass is 399 g/mol. The molecule has 0 aliphatic carbocycles. The number of hydrogen-bond acceptors (Lipinski definition) is 6. The topological polar surface area (TPSA) is 101 Å². The third-order valence-electron chi connectivity index (χ3n) is 4.31. The number of esters is 1. The zero-order valence-corrected chi connectivity index (χ0v) is 16.7. The second-order valence-corrected chi connectivity index (χ2v) is 7.46. The summed E-state index contributed by atoms with van der Waals surface area (Å²) in [6.45, 7) is 5.32. The average Bonchev–Trinajstić information content (AvgIpc) is 2.99. The van der Waals surface area contributed by atoms with Gasteiger partial charge in [-0.15, -0.1) is 11.3 Å². The van der Waals surface area contributed by atoms with Crippen molar-refractivity contribution in [2.75, 3.05) is 6.54 Å². The number of H-pyrrole nitrogens is 1. The number of hydrogen-bond donors (Lipinski definition) is 2. The van der Waals surface area contributed by atoms with E-state index in [-0.39, 0.29) is 16.3 Å². The van der Waals surface area contributed by atoms with E-state index in [1.807, 2.05) is 30.3 Å². The van der Waals surface area contributed by atoms with Gasteiger partial charge in [0.25, 0.3) is 11.5 Å². The minimum Gasteiger partial charge on any atom is -0.448 e. The lowest BCUT2D eigenvalue weighted by Gasteiger charge is -2.13. The minimum absolute atomic E-state index is 0.280. The number of nitrogens with one attached hydrogen (secondary N) is 2. The van der Waals surface area contributed by atoms with Crippen LogP contribution in [-0.4, -0.2) is 34.5 Å². The lowest BCUT2D eigenvalue weighted by Crippen LogP contribution is -2.36. The Kier molecular flexibility index (Phi) is 5.89.